The van der Waals surface area contributed by atoms with Crippen LogP contribution in [-0.2, 0) is 0 Å². The highest BCUT2D eigenvalue weighted by Gasteiger charge is 2.10. The Labute approximate surface area is 89.1 Å². The van der Waals surface area contributed by atoms with Crippen molar-refractivity contribution in [3.8, 4) is 0 Å². The molecule has 0 radical (unpaired) electrons. The second-order valence-corrected chi connectivity index (χ2v) is 4.00. The first-order valence-corrected chi connectivity index (χ1v) is 5.15. The summed E-state index contributed by atoms with van der Waals surface area (Å²) in [5.74, 6) is 0.284. The van der Waals surface area contributed by atoms with E-state index in [0.717, 1.165) is 22.6 Å². The molecule has 2 N–H and O–H groups in total. The molecule has 0 aliphatic heterocycles. The number of hydrogen-bond donors (Lipinski definition) is 1. The van der Waals surface area contributed by atoms with Gasteiger partial charge in [-0.1, -0.05) is 6.92 Å². The molecule has 2 aromatic heterocycles. The van der Waals surface area contributed by atoms with Crippen LogP contribution in [0.25, 0.3) is 5.65 Å². The maximum Gasteiger partial charge on any atom is 0.155 e. The first kappa shape index (κ1) is 10.1. The largest absolute Gasteiger partial charge is 0.330 e. The zero-order chi connectivity index (χ0) is 11.0. The Morgan fingerprint density at radius 1 is 1.47 bits per heavy atom. The van der Waals surface area contributed by atoms with Crippen molar-refractivity contribution in [3.63, 3.8) is 0 Å². The minimum Gasteiger partial charge on any atom is -0.330 e. The zero-order valence-electron chi connectivity index (χ0n) is 9.36. The zero-order valence-corrected chi connectivity index (χ0v) is 9.36. The molecule has 0 spiro atoms. The van der Waals surface area contributed by atoms with Crippen molar-refractivity contribution < 1.29 is 0 Å². The molecule has 80 valence electrons. The average Bonchev–Trinajstić information content (AvgIpc) is 2.67. The molecule has 0 fully saturated rings. The molecule has 1 atom stereocenters. The van der Waals surface area contributed by atoms with E-state index in [1.165, 1.54) is 0 Å². The van der Waals surface area contributed by atoms with Gasteiger partial charge in [0.05, 0.1) is 5.69 Å². The first-order valence-electron chi connectivity index (χ1n) is 5.15. The van der Waals surface area contributed by atoms with Gasteiger partial charge in [0.25, 0.3) is 0 Å². The molecule has 0 saturated heterocycles. The second kappa shape index (κ2) is 3.62. The van der Waals surface area contributed by atoms with Crippen LogP contribution in [0.3, 0.4) is 0 Å². The molecule has 2 aromatic rings. The lowest BCUT2D eigenvalue weighted by molar-refractivity contribution is 0.721. The van der Waals surface area contributed by atoms with Crippen molar-refractivity contribution in [2.75, 3.05) is 6.54 Å². The monoisotopic (exact) mass is 204 g/mol. The highest BCUT2D eigenvalue weighted by Crippen LogP contribution is 2.15. The summed E-state index contributed by atoms with van der Waals surface area (Å²) in [7, 11) is 0. The number of rotatable bonds is 2. The summed E-state index contributed by atoms with van der Waals surface area (Å²) in [4.78, 5) is 4.34. The second-order valence-electron chi connectivity index (χ2n) is 4.00. The van der Waals surface area contributed by atoms with Crippen LogP contribution in [0.5, 0.6) is 0 Å². The molecule has 4 heteroatoms. The first-order chi connectivity index (χ1) is 7.13. The molecule has 0 aromatic carbocycles. The minimum atomic E-state index is 0.284. The molecule has 4 nitrogen and oxygen atoms in total. The standard InChI is InChI=1S/C11H16N4/c1-7(5-12)10-4-11-13-6-8(2)9(3)15(11)14-10/h4,6-7H,5,12H2,1-3H3. The molecule has 1 unspecified atom stereocenters. The van der Waals surface area contributed by atoms with Gasteiger partial charge in [0.1, 0.15) is 0 Å². The van der Waals surface area contributed by atoms with Gasteiger partial charge in [-0.05, 0) is 19.4 Å². The third-order valence-electron chi connectivity index (χ3n) is 2.85. The van der Waals surface area contributed by atoms with Crippen molar-refractivity contribution in [1.82, 2.24) is 14.6 Å². The summed E-state index contributed by atoms with van der Waals surface area (Å²) in [6, 6.07) is 2.00. The van der Waals surface area contributed by atoms with Crippen LogP contribution in [-0.4, -0.2) is 21.1 Å². The van der Waals surface area contributed by atoms with Crippen LogP contribution in [0.1, 0.15) is 29.8 Å². The topological polar surface area (TPSA) is 56.2 Å². The third-order valence-corrected chi connectivity index (χ3v) is 2.85. The minimum absolute atomic E-state index is 0.284. The lowest BCUT2D eigenvalue weighted by Gasteiger charge is -2.03. The van der Waals surface area contributed by atoms with Crippen molar-refractivity contribution in [2.45, 2.75) is 26.7 Å². The average molecular weight is 204 g/mol. The summed E-state index contributed by atoms with van der Waals surface area (Å²) in [6.45, 7) is 6.77. The van der Waals surface area contributed by atoms with E-state index in [1.54, 1.807) is 0 Å². The van der Waals surface area contributed by atoms with Gasteiger partial charge < -0.3 is 5.73 Å². The summed E-state index contributed by atoms with van der Waals surface area (Å²) in [5.41, 5.74) is 9.82. The highest BCUT2D eigenvalue weighted by molar-refractivity contribution is 5.42. The van der Waals surface area contributed by atoms with Gasteiger partial charge in [-0.2, -0.15) is 5.10 Å². The third kappa shape index (κ3) is 1.61. The lowest BCUT2D eigenvalue weighted by Crippen LogP contribution is -2.09. The lowest BCUT2D eigenvalue weighted by atomic mass is 10.1. The van der Waals surface area contributed by atoms with Crippen molar-refractivity contribution in [3.05, 3.63) is 29.2 Å². The Bertz CT molecular complexity index is 487. The predicted molar refractivity (Wildman–Crippen MR) is 59.9 cm³/mol. The molecule has 0 amide bonds. The van der Waals surface area contributed by atoms with Crippen molar-refractivity contribution in [1.29, 1.82) is 0 Å². The summed E-state index contributed by atoms with van der Waals surface area (Å²) < 4.78 is 1.89. The Hall–Kier alpha value is -1.42. The van der Waals surface area contributed by atoms with Crippen LogP contribution >= 0.6 is 0 Å². The predicted octanol–water partition coefficient (Wildman–Crippen LogP) is 1.41. The van der Waals surface area contributed by atoms with Gasteiger partial charge in [0, 0.05) is 30.4 Å². The van der Waals surface area contributed by atoms with E-state index in [0.29, 0.717) is 6.54 Å². The van der Waals surface area contributed by atoms with Crippen LogP contribution < -0.4 is 5.73 Å². The van der Waals surface area contributed by atoms with Gasteiger partial charge in [0.15, 0.2) is 5.65 Å². The fourth-order valence-electron chi connectivity index (χ4n) is 1.51. The normalized spacial score (nSPS) is 13.3. The van der Waals surface area contributed by atoms with Crippen LogP contribution in [0.4, 0.5) is 0 Å². The van der Waals surface area contributed by atoms with Gasteiger partial charge in [-0.15, -0.1) is 0 Å². The van der Waals surface area contributed by atoms with Crippen LogP contribution in [0.2, 0.25) is 0 Å². The Kier molecular flexibility index (Phi) is 2.44. The van der Waals surface area contributed by atoms with Crippen LogP contribution in [0.15, 0.2) is 12.3 Å². The molecule has 0 saturated carbocycles. The van der Waals surface area contributed by atoms with E-state index in [9.17, 15) is 0 Å². The van der Waals surface area contributed by atoms with E-state index in [1.807, 2.05) is 30.6 Å². The van der Waals surface area contributed by atoms with E-state index in [2.05, 4.69) is 17.0 Å². The Morgan fingerprint density at radius 2 is 2.20 bits per heavy atom. The highest BCUT2D eigenvalue weighted by atomic mass is 15.3. The van der Waals surface area contributed by atoms with Gasteiger partial charge >= 0.3 is 0 Å². The summed E-state index contributed by atoms with van der Waals surface area (Å²) in [5, 5.41) is 4.52. The van der Waals surface area contributed by atoms with Crippen LogP contribution in [0, 0.1) is 13.8 Å². The quantitative estimate of drug-likeness (QED) is 0.804. The summed E-state index contributed by atoms with van der Waals surface area (Å²) >= 11 is 0. The Balaban J connectivity index is 2.61. The number of nitrogens with zero attached hydrogens (tertiary/aromatic N) is 3. The van der Waals surface area contributed by atoms with Gasteiger partial charge in [-0.3, -0.25) is 0 Å². The number of hydrogen-bond acceptors (Lipinski definition) is 3. The summed E-state index contributed by atoms with van der Waals surface area (Å²) in [6.07, 6.45) is 1.88. The fourth-order valence-corrected chi connectivity index (χ4v) is 1.51. The fraction of sp³-hybridized carbons (Fsp3) is 0.455. The van der Waals surface area contributed by atoms with Crippen molar-refractivity contribution in [2.24, 2.45) is 5.73 Å². The number of fused-ring (bicyclic) bond motifs is 1. The smallest absolute Gasteiger partial charge is 0.155 e. The van der Waals surface area contributed by atoms with E-state index in [4.69, 9.17) is 5.73 Å². The Morgan fingerprint density at radius 3 is 2.87 bits per heavy atom. The molecule has 2 rings (SSSR count). The maximum absolute atomic E-state index is 5.62. The molecule has 0 aliphatic rings. The maximum atomic E-state index is 5.62. The molecular formula is C11H16N4. The van der Waals surface area contributed by atoms with E-state index >= 15 is 0 Å². The molecular weight excluding hydrogens is 188 g/mol. The molecule has 15 heavy (non-hydrogen) atoms. The number of aromatic nitrogens is 3. The van der Waals surface area contributed by atoms with Gasteiger partial charge in [0.2, 0.25) is 0 Å². The van der Waals surface area contributed by atoms with E-state index in [-0.39, 0.29) is 5.92 Å². The van der Waals surface area contributed by atoms with Crippen molar-refractivity contribution >= 4 is 5.65 Å². The number of aryl methyl sites for hydroxylation is 2. The van der Waals surface area contributed by atoms with E-state index < -0.39 is 0 Å². The molecule has 0 aliphatic carbocycles. The molecule has 2 heterocycles. The SMILES string of the molecule is Cc1cnc2cc(C(C)CN)nn2c1C. The van der Waals surface area contributed by atoms with Gasteiger partial charge in [-0.25, -0.2) is 9.50 Å². The molecule has 0 bridgehead atoms. The number of nitrogens with two attached hydrogens (primary N) is 1.